The van der Waals surface area contributed by atoms with E-state index in [0.29, 0.717) is 0 Å². The molecule has 9 aromatic carbocycles. The maximum Gasteiger partial charge on any atom is 0.0462 e. The van der Waals surface area contributed by atoms with E-state index < -0.39 is 0 Å². The van der Waals surface area contributed by atoms with Crippen LogP contribution < -0.4 is 9.80 Å². The molecule has 2 nitrogen and oxygen atoms in total. The zero-order valence-corrected chi connectivity index (χ0v) is 35.1. The average Bonchev–Trinajstić information content (AvgIpc) is 3.33. The van der Waals surface area contributed by atoms with Gasteiger partial charge in [0.05, 0.1) is 0 Å². The molecule has 0 N–H and O–H groups in total. The van der Waals surface area contributed by atoms with Crippen LogP contribution in [0.25, 0.3) is 46.6 Å². The molecule has 2 heteroatoms. The molecular formula is C60H48N2. The fourth-order valence-electron chi connectivity index (χ4n) is 7.72. The molecule has 62 heavy (non-hydrogen) atoms. The smallest absolute Gasteiger partial charge is 0.0462 e. The van der Waals surface area contributed by atoms with Crippen LogP contribution in [-0.4, -0.2) is 0 Å². The van der Waals surface area contributed by atoms with E-state index in [0.717, 1.165) is 45.3 Å². The van der Waals surface area contributed by atoms with Gasteiger partial charge in [-0.1, -0.05) is 193 Å². The van der Waals surface area contributed by atoms with Crippen molar-refractivity contribution in [2.75, 3.05) is 9.80 Å². The first-order chi connectivity index (χ1) is 30.5. The second kappa shape index (κ2) is 18.5. The van der Waals surface area contributed by atoms with Gasteiger partial charge in [-0.15, -0.1) is 0 Å². The Morgan fingerprint density at radius 2 is 0.435 bits per heavy atom. The van der Waals surface area contributed by atoms with Crippen LogP contribution in [0.5, 0.6) is 0 Å². The van der Waals surface area contributed by atoms with Crippen molar-refractivity contribution in [3.05, 3.63) is 264 Å². The van der Waals surface area contributed by atoms with Crippen LogP contribution in [0.3, 0.4) is 0 Å². The van der Waals surface area contributed by atoms with Crippen molar-refractivity contribution in [3.63, 3.8) is 0 Å². The highest BCUT2D eigenvalue weighted by Gasteiger charge is 2.14. The molecule has 0 saturated heterocycles. The predicted molar refractivity (Wildman–Crippen MR) is 267 cm³/mol. The molecule has 0 spiro atoms. The van der Waals surface area contributed by atoms with E-state index in [-0.39, 0.29) is 0 Å². The highest BCUT2D eigenvalue weighted by atomic mass is 15.1. The molecule has 0 atom stereocenters. The van der Waals surface area contributed by atoms with E-state index in [2.05, 4.69) is 278 Å². The molecule has 0 aliphatic heterocycles. The summed E-state index contributed by atoms with van der Waals surface area (Å²) >= 11 is 0. The Kier molecular flexibility index (Phi) is 11.8. The third kappa shape index (κ3) is 9.42. The molecule has 9 rings (SSSR count). The summed E-state index contributed by atoms with van der Waals surface area (Å²) in [6.45, 7) is 4.23. The fraction of sp³-hybridized carbons (Fsp3) is 0.0333. The van der Waals surface area contributed by atoms with Crippen molar-refractivity contribution in [3.8, 4) is 22.3 Å². The topological polar surface area (TPSA) is 6.48 Å². The van der Waals surface area contributed by atoms with Crippen LogP contribution in [0.2, 0.25) is 0 Å². The van der Waals surface area contributed by atoms with E-state index in [4.69, 9.17) is 0 Å². The lowest BCUT2D eigenvalue weighted by atomic mass is 9.99. The summed E-state index contributed by atoms with van der Waals surface area (Å²) in [5.74, 6) is 0. The third-order valence-electron chi connectivity index (χ3n) is 11.2. The Morgan fingerprint density at radius 1 is 0.226 bits per heavy atom. The van der Waals surface area contributed by atoms with Gasteiger partial charge >= 0.3 is 0 Å². The Hall–Kier alpha value is -7.94. The van der Waals surface area contributed by atoms with Gasteiger partial charge in [-0.3, -0.25) is 0 Å². The summed E-state index contributed by atoms with van der Waals surface area (Å²) in [6, 6.07) is 82.5. The first-order valence-electron chi connectivity index (χ1n) is 21.2. The minimum atomic E-state index is 1.11. The Labute approximate surface area is 366 Å². The molecule has 0 amide bonds. The lowest BCUT2D eigenvalue weighted by Crippen LogP contribution is -2.09. The van der Waals surface area contributed by atoms with Gasteiger partial charge in [0.2, 0.25) is 0 Å². The molecule has 0 aliphatic rings. The van der Waals surface area contributed by atoms with Gasteiger partial charge in [-0.05, 0) is 131 Å². The van der Waals surface area contributed by atoms with Gasteiger partial charge in [0, 0.05) is 34.1 Å². The number of benzene rings is 9. The van der Waals surface area contributed by atoms with E-state index in [9.17, 15) is 0 Å². The first kappa shape index (κ1) is 39.5. The number of nitrogens with zero attached hydrogens (tertiary/aromatic N) is 2. The summed E-state index contributed by atoms with van der Waals surface area (Å²) in [5.41, 5.74) is 18.6. The molecule has 0 bridgehead atoms. The van der Waals surface area contributed by atoms with Gasteiger partial charge in [-0.25, -0.2) is 0 Å². The van der Waals surface area contributed by atoms with E-state index in [1.807, 2.05) is 0 Å². The maximum atomic E-state index is 2.31. The van der Waals surface area contributed by atoms with Crippen molar-refractivity contribution in [2.24, 2.45) is 0 Å². The van der Waals surface area contributed by atoms with Crippen molar-refractivity contribution < 1.29 is 0 Å². The maximum absolute atomic E-state index is 2.31. The number of anilines is 6. The molecule has 0 aliphatic carbocycles. The van der Waals surface area contributed by atoms with Crippen molar-refractivity contribution >= 4 is 58.4 Å². The Bertz CT molecular complexity index is 2670. The van der Waals surface area contributed by atoms with Crippen LogP contribution in [0.4, 0.5) is 34.1 Å². The SMILES string of the molecule is Cc1ccc(C=Cc2ccc(N(c3ccccc3)c3ccc(-c4ccc(-c5ccc(N(c6ccccc6)c6ccc(C=Cc7ccc(C)cc7)cc6)cc5)cc4)cc3)cc2)cc1. The van der Waals surface area contributed by atoms with Crippen molar-refractivity contribution in [1.82, 2.24) is 0 Å². The molecule has 0 radical (unpaired) electrons. The summed E-state index contributed by atoms with van der Waals surface area (Å²) < 4.78 is 0. The molecule has 0 heterocycles. The molecule has 298 valence electrons. The van der Waals surface area contributed by atoms with E-state index >= 15 is 0 Å². The monoisotopic (exact) mass is 796 g/mol. The second-order valence-electron chi connectivity index (χ2n) is 15.7. The van der Waals surface area contributed by atoms with Gasteiger partial charge in [0.1, 0.15) is 0 Å². The third-order valence-corrected chi connectivity index (χ3v) is 11.2. The van der Waals surface area contributed by atoms with Crippen molar-refractivity contribution in [1.29, 1.82) is 0 Å². The standard InChI is InChI=1S/C60H48N2/c1-45-13-17-47(18-14-45)21-23-49-25-37-57(38-26-49)61(55-9-5-3-6-10-55)59-41-33-53(34-42-59)51-29-31-52(32-30-51)54-35-43-60(44-36-54)62(56-11-7-4-8-12-56)58-39-27-50(28-40-58)24-22-48-19-15-46(2)16-20-48/h3-44H,1-2H3. The number of rotatable bonds is 12. The highest BCUT2D eigenvalue weighted by Crippen LogP contribution is 2.38. The van der Waals surface area contributed by atoms with Gasteiger partial charge in [-0.2, -0.15) is 0 Å². The van der Waals surface area contributed by atoms with Gasteiger partial charge in [0.15, 0.2) is 0 Å². The summed E-state index contributed by atoms with van der Waals surface area (Å²) in [7, 11) is 0. The molecule has 0 unspecified atom stereocenters. The molecule has 0 aromatic heterocycles. The summed E-state index contributed by atoms with van der Waals surface area (Å²) in [4.78, 5) is 4.62. The first-order valence-corrected chi connectivity index (χ1v) is 21.2. The second-order valence-corrected chi connectivity index (χ2v) is 15.7. The predicted octanol–water partition coefficient (Wildman–Crippen LogP) is 16.9. The Balaban J connectivity index is 0.909. The molecule has 0 saturated carbocycles. The van der Waals surface area contributed by atoms with E-state index in [1.54, 1.807) is 0 Å². The van der Waals surface area contributed by atoms with Gasteiger partial charge in [0.25, 0.3) is 0 Å². The summed E-state index contributed by atoms with van der Waals surface area (Å²) in [5, 5.41) is 0. The number of hydrogen-bond donors (Lipinski definition) is 0. The number of hydrogen-bond acceptors (Lipinski definition) is 2. The molecular weight excluding hydrogens is 749 g/mol. The minimum Gasteiger partial charge on any atom is -0.311 e. The van der Waals surface area contributed by atoms with Crippen LogP contribution in [0.1, 0.15) is 33.4 Å². The number of para-hydroxylation sites is 2. The summed E-state index contributed by atoms with van der Waals surface area (Å²) in [6.07, 6.45) is 8.67. The van der Waals surface area contributed by atoms with Crippen LogP contribution in [0, 0.1) is 13.8 Å². The van der Waals surface area contributed by atoms with E-state index in [1.165, 1.54) is 44.5 Å². The normalized spacial score (nSPS) is 11.3. The Morgan fingerprint density at radius 3 is 0.710 bits per heavy atom. The highest BCUT2D eigenvalue weighted by molar-refractivity contribution is 5.82. The zero-order chi connectivity index (χ0) is 42.1. The zero-order valence-electron chi connectivity index (χ0n) is 35.1. The minimum absolute atomic E-state index is 1.11. The lowest BCUT2D eigenvalue weighted by Gasteiger charge is -2.26. The fourth-order valence-corrected chi connectivity index (χ4v) is 7.72. The van der Waals surface area contributed by atoms with Crippen molar-refractivity contribution in [2.45, 2.75) is 13.8 Å². The van der Waals surface area contributed by atoms with Crippen LogP contribution in [-0.2, 0) is 0 Å². The number of aryl methyl sites for hydroxylation is 2. The lowest BCUT2D eigenvalue weighted by molar-refractivity contribution is 1.28. The molecule has 9 aromatic rings. The van der Waals surface area contributed by atoms with Crippen LogP contribution in [0.15, 0.2) is 231 Å². The average molecular weight is 797 g/mol. The quantitative estimate of drug-likeness (QED) is 0.114. The largest absolute Gasteiger partial charge is 0.311 e. The molecule has 0 fully saturated rings. The van der Waals surface area contributed by atoms with Gasteiger partial charge < -0.3 is 9.80 Å². The van der Waals surface area contributed by atoms with Crippen LogP contribution >= 0.6 is 0 Å².